The summed E-state index contributed by atoms with van der Waals surface area (Å²) in [5.41, 5.74) is 1.79. The minimum atomic E-state index is -1.10. The molecule has 1 aliphatic rings. The number of amides is 2. The molecule has 27 heavy (non-hydrogen) atoms. The average molecular weight is 386 g/mol. The van der Waals surface area contributed by atoms with Crippen LogP contribution < -0.4 is 5.32 Å². The first-order chi connectivity index (χ1) is 13.0. The second-order valence-electron chi connectivity index (χ2n) is 6.57. The molecule has 6 nitrogen and oxygen atoms in total. The Kier molecular flexibility index (Phi) is 5.91. The van der Waals surface area contributed by atoms with Crippen LogP contribution in [0.4, 0.5) is 10.5 Å². The van der Waals surface area contributed by atoms with E-state index in [1.165, 1.54) is 0 Å². The number of likely N-dealkylation sites (tertiary alicyclic amines) is 1. The van der Waals surface area contributed by atoms with E-state index >= 15 is 0 Å². The van der Waals surface area contributed by atoms with Crippen LogP contribution >= 0.6 is 0 Å². The summed E-state index contributed by atoms with van der Waals surface area (Å²) in [5, 5.41) is 12.2. The van der Waals surface area contributed by atoms with Crippen LogP contribution in [0, 0.1) is 0 Å². The fraction of sp³-hybridized carbons (Fsp3) is 0.300. The number of carboxylic acid groups (broad SMARTS) is 1. The van der Waals surface area contributed by atoms with Gasteiger partial charge in [-0.3, -0.25) is 4.21 Å². The number of anilines is 1. The van der Waals surface area contributed by atoms with Gasteiger partial charge in [0.15, 0.2) is 0 Å². The third-order valence-electron chi connectivity index (χ3n) is 4.83. The zero-order chi connectivity index (χ0) is 19.4. The number of nitrogens with one attached hydrogen (secondary N) is 1. The largest absolute Gasteiger partial charge is 0.478 e. The van der Waals surface area contributed by atoms with Crippen molar-refractivity contribution in [2.24, 2.45) is 0 Å². The van der Waals surface area contributed by atoms with E-state index in [-0.39, 0.29) is 11.9 Å². The Labute approximate surface area is 160 Å². The van der Waals surface area contributed by atoms with E-state index in [9.17, 15) is 18.9 Å². The minimum absolute atomic E-state index is 0.132. The summed E-state index contributed by atoms with van der Waals surface area (Å²) in [4.78, 5) is 26.3. The van der Waals surface area contributed by atoms with Crippen molar-refractivity contribution in [2.75, 3.05) is 24.7 Å². The lowest BCUT2D eigenvalue weighted by Gasteiger charge is -2.32. The zero-order valence-electron chi connectivity index (χ0n) is 15.1. The van der Waals surface area contributed by atoms with Crippen LogP contribution in [0.5, 0.6) is 0 Å². The molecule has 1 saturated heterocycles. The Morgan fingerprint density at radius 2 is 1.81 bits per heavy atom. The van der Waals surface area contributed by atoms with Gasteiger partial charge >= 0.3 is 12.0 Å². The van der Waals surface area contributed by atoms with E-state index in [4.69, 9.17) is 0 Å². The van der Waals surface area contributed by atoms with Crippen LogP contribution in [0.1, 0.15) is 34.7 Å². The van der Waals surface area contributed by atoms with Gasteiger partial charge in [-0.1, -0.05) is 24.3 Å². The van der Waals surface area contributed by atoms with Gasteiger partial charge in [-0.05, 0) is 48.6 Å². The molecule has 0 radical (unpaired) electrons. The molecule has 0 saturated carbocycles. The molecule has 2 amide bonds. The molecular weight excluding hydrogens is 364 g/mol. The van der Waals surface area contributed by atoms with Gasteiger partial charge in [-0.15, -0.1) is 0 Å². The van der Waals surface area contributed by atoms with Crippen molar-refractivity contribution < 1.29 is 18.9 Å². The van der Waals surface area contributed by atoms with E-state index in [2.05, 4.69) is 5.32 Å². The highest BCUT2D eigenvalue weighted by Gasteiger charge is 2.26. The van der Waals surface area contributed by atoms with E-state index < -0.39 is 16.8 Å². The number of carbonyl (C=O) groups is 2. The lowest BCUT2D eigenvalue weighted by Crippen LogP contribution is -2.40. The summed E-state index contributed by atoms with van der Waals surface area (Å²) in [6.07, 6.45) is 3.04. The molecule has 1 aliphatic heterocycles. The number of hydrogen-bond acceptors (Lipinski definition) is 3. The third kappa shape index (κ3) is 4.54. The normalized spacial score (nSPS) is 16.0. The van der Waals surface area contributed by atoms with Crippen LogP contribution in [-0.2, 0) is 10.8 Å². The zero-order valence-corrected chi connectivity index (χ0v) is 15.9. The smallest absolute Gasteiger partial charge is 0.335 e. The topological polar surface area (TPSA) is 86.7 Å². The second-order valence-corrected chi connectivity index (χ2v) is 7.95. The number of rotatable bonds is 4. The van der Waals surface area contributed by atoms with Crippen LogP contribution in [0.25, 0.3) is 0 Å². The predicted octanol–water partition coefficient (Wildman–Crippen LogP) is 3.53. The SMILES string of the molecule is CS(=O)c1cccc(NC(=O)N2CCC(c3ccccc3C(=O)O)CC2)c1. The van der Waals surface area contributed by atoms with Gasteiger partial charge in [0.05, 0.1) is 5.56 Å². The summed E-state index contributed by atoms with van der Waals surface area (Å²) in [6, 6.07) is 13.9. The van der Waals surface area contributed by atoms with E-state index in [0.717, 1.165) is 18.4 Å². The van der Waals surface area contributed by atoms with Gasteiger partial charge in [-0.2, -0.15) is 0 Å². The van der Waals surface area contributed by atoms with Crippen molar-refractivity contribution in [1.29, 1.82) is 0 Å². The lowest BCUT2D eigenvalue weighted by molar-refractivity contribution is 0.0694. The van der Waals surface area contributed by atoms with Crippen molar-refractivity contribution in [3.05, 3.63) is 59.7 Å². The van der Waals surface area contributed by atoms with Crippen LogP contribution in [0.2, 0.25) is 0 Å². The van der Waals surface area contributed by atoms with E-state index in [1.807, 2.05) is 12.1 Å². The molecule has 1 unspecified atom stereocenters. The van der Waals surface area contributed by atoms with Gasteiger partial charge in [0.2, 0.25) is 0 Å². The number of carboxylic acids is 1. The first kappa shape index (κ1) is 19.1. The first-order valence-electron chi connectivity index (χ1n) is 8.77. The molecule has 0 bridgehead atoms. The second kappa shape index (κ2) is 8.35. The van der Waals surface area contributed by atoms with Gasteiger partial charge in [0, 0.05) is 40.7 Å². The average Bonchev–Trinajstić information content (AvgIpc) is 2.68. The first-order valence-corrected chi connectivity index (χ1v) is 10.3. The minimum Gasteiger partial charge on any atom is -0.478 e. The maximum atomic E-state index is 12.5. The Balaban J connectivity index is 1.62. The molecular formula is C20H22N2O4S. The Morgan fingerprint density at radius 3 is 2.48 bits per heavy atom. The summed E-state index contributed by atoms with van der Waals surface area (Å²) in [6.45, 7) is 1.12. The van der Waals surface area contributed by atoms with Gasteiger partial charge < -0.3 is 15.3 Å². The summed E-state index contributed by atoms with van der Waals surface area (Å²) in [7, 11) is -1.10. The number of piperidine rings is 1. The van der Waals surface area contributed by atoms with Crippen molar-refractivity contribution in [2.45, 2.75) is 23.7 Å². The van der Waals surface area contributed by atoms with Crippen LogP contribution in [0.15, 0.2) is 53.4 Å². The summed E-state index contributed by atoms with van der Waals surface area (Å²) >= 11 is 0. The molecule has 0 aromatic heterocycles. The third-order valence-corrected chi connectivity index (χ3v) is 5.75. The van der Waals surface area contributed by atoms with Crippen molar-refractivity contribution in [3.63, 3.8) is 0 Å². The van der Waals surface area contributed by atoms with E-state index in [1.54, 1.807) is 47.6 Å². The number of benzene rings is 2. The quantitative estimate of drug-likeness (QED) is 0.842. The molecule has 2 N–H and O–H groups in total. The highest BCUT2D eigenvalue weighted by Crippen LogP contribution is 2.30. The monoisotopic (exact) mass is 386 g/mol. The predicted molar refractivity (Wildman–Crippen MR) is 105 cm³/mol. The Bertz CT molecular complexity index is 876. The molecule has 2 aromatic rings. The maximum Gasteiger partial charge on any atom is 0.335 e. The summed E-state index contributed by atoms with van der Waals surface area (Å²) < 4.78 is 11.6. The Morgan fingerprint density at radius 1 is 1.11 bits per heavy atom. The molecule has 1 heterocycles. The van der Waals surface area contributed by atoms with Gasteiger partial charge in [-0.25, -0.2) is 9.59 Å². The van der Waals surface area contributed by atoms with Gasteiger partial charge in [0.1, 0.15) is 0 Å². The lowest BCUT2D eigenvalue weighted by atomic mass is 9.86. The highest BCUT2D eigenvalue weighted by molar-refractivity contribution is 7.84. The van der Waals surface area contributed by atoms with E-state index in [0.29, 0.717) is 29.2 Å². The fourth-order valence-corrected chi connectivity index (χ4v) is 3.96. The van der Waals surface area contributed by atoms with Crippen molar-refractivity contribution in [3.8, 4) is 0 Å². The van der Waals surface area contributed by atoms with Gasteiger partial charge in [0.25, 0.3) is 0 Å². The number of carbonyl (C=O) groups excluding carboxylic acids is 1. The number of nitrogens with zero attached hydrogens (tertiary/aromatic N) is 1. The molecule has 142 valence electrons. The molecule has 0 spiro atoms. The molecule has 2 aromatic carbocycles. The molecule has 7 heteroatoms. The number of aromatic carboxylic acids is 1. The molecule has 1 fully saturated rings. The van der Waals surface area contributed by atoms with Crippen molar-refractivity contribution in [1.82, 2.24) is 4.90 Å². The molecule has 1 atom stereocenters. The molecule has 0 aliphatic carbocycles. The number of hydrogen-bond donors (Lipinski definition) is 2. The fourth-order valence-electron chi connectivity index (χ4n) is 3.40. The highest BCUT2D eigenvalue weighted by atomic mass is 32.2. The molecule has 3 rings (SSSR count). The summed E-state index contributed by atoms with van der Waals surface area (Å²) in [5.74, 6) is -0.786. The van der Waals surface area contributed by atoms with Crippen LogP contribution in [-0.4, -0.2) is 45.6 Å². The standard InChI is InChI=1S/C20H22N2O4S/c1-27(26)16-6-4-5-15(13-16)21-20(25)22-11-9-14(10-12-22)17-7-2-3-8-18(17)19(23)24/h2-8,13-14H,9-12H2,1H3,(H,21,25)(H,23,24). The van der Waals surface area contributed by atoms with Crippen LogP contribution in [0.3, 0.4) is 0 Å². The number of urea groups is 1. The Hall–Kier alpha value is -2.67. The van der Waals surface area contributed by atoms with Crippen molar-refractivity contribution >= 4 is 28.5 Å². The maximum absolute atomic E-state index is 12.5.